The lowest BCUT2D eigenvalue weighted by Crippen LogP contribution is -2.41. The van der Waals surface area contributed by atoms with E-state index in [0.29, 0.717) is 25.2 Å². The number of anilines is 1. The number of halogens is 3. The molecule has 0 bridgehead atoms. The molecular weight excluding hydrogens is 393 g/mol. The van der Waals surface area contributed by atoms with Gasteiger partial charge in [-0.3, -0.25) is 4.68 Å². The van der Waals surface area contributed by atoms with Crippen LogP contribution in [0.2, 0.25) is 0 Å². The van der Waals surface area contributed by atoms with E-state index >= 15 is 0 Å². The molecule has 1 aliphatic carbocycles. The summed E-state index contributed by atoms with van der Waals surface area (Å²) >= 11 is 0. The molecule has 1 N–H and O–H groups in total. The molecule has 5 rings (SSSR count). The van der Waals surface area contributed by atoms with Crippen molar-refractivity contribution in [1.29, 1.82) is 0 Å². The average Bonchev–Trinajstić information content (AvgIpc) is 3.50. The number of nitrogens with one attached hydrogen (secondary N) is 1. The molecule has 3 aromatic rings. The first-order valence-electron chi connectivity index (χ1n) is 9.85. The average molecular weight is 412 g/mol. The highest BCUT2D eigenvalue weighted by molar-refractivity contribution is 5.89. The SMILES string of the molecule is O=C(Nc1cc(F)c(F)c(C2CC2)c1)N1CCn2ncc(-c3ccc(F)cc3)c2C1. The second-order valence-corrected chi connectivity index (χ2v) is 7.72. The molecule has 5 nitrogen and oxygen atoms in total. The molecule has 1 fully saturated rings. The van der Waals surface area contributed by atoms with Gasteiger partial charge in [0, 0.05) is 23.9 Å². The molecule has 2 aromatic carbocycles. The van der Waals surface area contributed by atoms with Crippen LogP contribution in [0, 0.1) is 17.5 Å². The van der Waals surface area contributed by atoms with Crippen molar-refractivity contribution < 1.29 is 18.0 Å². The molecule has 2 aliphatic rings. The van der Waals surface area contributed by atoms with Crippen LogP contribution in [0.1, 0.15) is 30.0 Å². The smallest absolute Gasteiger partial charge is 0.317 e. The third-order valence-electron chi connectivity index (χ3n) is 5.64. The molecular formula is C22H19F3N4O. The number of amides is 2. The maximum Gasteiger partial charge on any atom is 0.322 e. The molecule has 0 saturated heterocycles. The fourth-order valence-corrected chi connectivity index (χ4v) is 3.87. The zero-order valence-electron chi connectivity index (χ0n) is 16.0. The Morgan fingerprint density at radius 2 is 1.83 bits per heavy atom. The van der Waals surface area contributed by atoms with E-state index in [4.69, 9.17) is 0 Å². The van der Waals surface area contributed by atoms with E-state index in [9.17, 15) is 18.0 Å². The predicted molar refractivity (Wildman–Crippen MR) is 105 cm³/mol. The molecule has 2 amide bonds. The lowest BCUT2D eigenvalue weighted by atomic mass is 10.1. The van der Waals surface area contributed by atoms with Gasteiger partial charge in [0.25, 0.3) is 0 Å². The van der Waals surface area contributed by atoms with Crippen molar-refractivity contribution in [2.75, 3.05) is 11.9 Å². The summed E-state index contributed by atoms with van der Waals surface area (Å²) in [6.07, 6.45) is 3.37. The Balaban J connectivity index is 1.36. The van der Waals surface area contributed by atoms with Crippen LogP contribution in [-0.4, -0.2) is 27.3 Å². The monoisotopic (exact) mass is 412 g/mol. The van der Waals surface area contributed by atoms with Crippen LogP contribution in [0.3, 0.4) is 0 Å². The normalized spacial score (nSPS) is 15.8. The van der Waals surface area contributed by atoms with E-state index in [0.717, 1.165) is 35.7 Å². The Hall–Kier alpha value is -3.29. The van der Waals surface area contributed by atoms with E-state index in [2.05, 4.69) is 10.4 Å². The Labute approximate surface area is 171 Å². The highest BCUT2D eigenvalue weighted by Gasteiger charge is 2.29. The van der Waals surface area contributed by atoms with Crippen molar-refractivity contribution in [3.8, 4) is 11.1 Å². The molecule has 1 saturated carbocycles. The minimum atomic E-state index is -0.954. The van der Waals surface area contributed by atoms with Crippen LogP contribution in [0.25, 0.3) is 11.1 Å². The molecule has 8 heteroatoms. The van der Waals surface area contributed by atoms with Crippen molar-refractivity contribution in [2.24, 2.45) is 0 Å². The number of urea groups is 1. The highest BCUT2D eigenvalue weighted by Crippen LogP contribution is 2.42. The number of carbonyl (C=O) groups is 1. The van der Waals surface area contributed by atoms with Gasteiger partial charge in [-0.2, -0.15) is 5.10 Å². The van der Waals surface area contributed by atoms with Crippen molar-refractivity contribution in [3.63, 3.8) is 0 Å². The minimum absolute atomic E-state index is 0.0268. The van der Waals surface area contributed by atoms with E-state index < -0.39 is 11.6 Å². The van der Waals surface area contributed by atoms with Gasteiger partial charge in [0.2, 0.25) is 0 Å². The van der Waals surface area contributed by atoms with Gasteiger partial charge in [-0.1, -0.05) is 12.1 Å². The summed E-state index contributed by atoms with van der Waals surface area (Å²) in [5.41, 5.74) is 3.05. The number of hydrogen-bond donors (Lipinski definition) is 1. The van der Waals surface area contributed by atoms with E-state index in [1.807, 2.05) is 4.68 Å². The van der Waals surface area contributed by atoms with Gasteiger partial charge in [-0.15, -0.1) is 0 Å². The first-order chi connectivity index (χ1) is 14.5. The first kappa shape index (κ1) is 18.7. The van der Waals surface area contributed by atoms with E-state index in [-0.39, 0.29) is 23.5 Å². The molecule has 30 heavy (non-hydrogen) atoms. The summed E-state index contributed by atoms with van der Waals surface area (Å²) in [4.78, 5) is 14.4. The second-order valence-electron chi connectivity index (χ2n) is 7.72. The summed E-state index contributed by atoms with van der Waals surface area (Å²) in [5, 5.41) is 7.06. The number of benzene rings is 2. The third-order valence-corrected chi connectivity index (χ3v) is 5.64. The van der Waals surface area contributed by atoms with Crippen molar-refractivity contribution in [1.82, 2.24) is 14.7 Å². The van der Waals surface area contributed by atoms with Gasteiger partial charge in [-0.25, -0.2) is 18.0 Å². The van der Waals surface area contributed by atoms with Crippen molar-refractivity contribution >= 4 is 11.7 Å². The highest BCUT2D eigenvalue weighted by atomic mass is 19.2. The number of rotatable bonds is 3. The van der Waals surface area contributed by atoms with Gasteiger partial charge in [0.05, 0.1) is 25.0 Å². The lowest BCUT2D eigenvalue weighted by Gasteiger charge is -2.28. The molecule has 0 unspecified atom stereocenters. The standard InChI is InChI=1S/C22H19F3N4O/c23-15-5-3-14(4-6-15)18-11-26-29-8-7-28(12-20(18)29)22(30)27-16-9-17(13-1-2-13)21(25)19(24)10-16/h3-6,9-11,13H,1-2,7-8,12H2,(H,27,30). The van der Waals surface area contributed by atoms with E-state index in [1.165, 1.54) is 18.2 Å². The summed E-state index contributed by atoms with van der Waals surface area (Å²) < 4.78 is 43.0. The third kappa shape index (κ3) is 3.42. The van der Waals surface area contributed by atoms with Crippen LogP contribution >= 0.6 is 0 Å². The number of hydrogen-bond acceptors (Lipinski definition) is 2. The summed E-state index contributed by atoms with van der Waals surface area (Å²) in [5.74, 6) is -2.08. The van der Waals surface area contributed by atoms with E-state index in [1.54, 1.807) is 23.2 Å². The number of nitrogens with zero attached hydrogens (tertiary/aromatic N) is 3. The molecule has 0 spiro atoms. The maximum absolute atomic E-state index is 14.0. The maximum atomic E-state index is 14.0. The van der Waals surface area contributed by atoms with Gasteiger partial charge in [0.15, 0.2) is 11.6 Å². The molecule has 154 valence electrons. The summed E-state index contributed by atoms with van der Waals surface area (Å²) in [6.45, 7) is 1.25. The van der Waals surface area contributed by atoms with Crippen LogP contribution < -0.4 is 5.32 Å². The molecule has 0 radical (unpaired) electrons. The molecule has 1 aromatic heterocycles. The van der Waals surface area contributed by atoms with Gasteiger partial charge < -0.3 is 10.2 Å². The van der Waals surface area contributed by atoms with Gasteiger partial charge in [-0.05, 0) is 48.1 Å². The van der Waals surface area contributed by atoms with Crippen molar-refractivity contribution in [2.45, 2.75) is 31.8 Å². The Morgan fingerprint density at radius 1 is 1.07 bits per heavy atom. The zero-order chi connectivity index (χ0) is 20.8. The van der Waals surface area contributed by atoms with Gasteiger partial charge in [0.1, 0.15) is 5.82 Å². The Kier molecular flexibility index (Phi) is 4.49. The fraction of sp³-hybridized carbons (Fsp3) is 0.273. The quantitative estimate of drug-likeness (QED) is 0.666. The molecule has 0 atom stereocenters. The summed E-state index contributed by atoms with van der Waals surface area (Å²) in [7, 11) is 0. The largest absolute Gasteiger partial charge is 0.322 e. The first-order valence-corrected chi connectivity index (χ1v) is 9.85. The predicted octanol–water partition coefficient (Wildman–Crippen LogP) is 4.89. The second kappa shape index (κ2) is 7.19. The summed E-state index contributed by atoms with van der Waals surface area (Å²) in [6, 6.07) is 8.25. The number of fused-ring (bicyclic) bond motifs is 1. The number of aromatic nitrogens is 2. The van der Waals surface area contributed by atoms with Crippen LogP contribution in [0.15, 0.2) is 42.6 Å². The molecule has 2 heterocycles. The number of carbonyl (C=O) groups excluding carboxylic acids is 1. The van der Waals surface area contributed by atoms with Crippen LogP contribution in [0.5, 0.6) is 0 Å². The van der Waals surface area contributed by atoms with Crippen LogP contribution in [0.4, 0.5) is 23.7 Å². The molecule has 1 aliphatic heterocycles. The van der Waals surface area contributed by atoms with Crippen LogP contribution in [-0.2, 0) is 13.1 Å². The Bertz CT molecular complexity index is 1120. The lowest BCUT2D eigenvalue weighted by molar-refractivity contribution is 0.194. The van der Waals surface area contributed by atoms with Crippen molar-refractivity contribution in [3.05, 3.63) is 71.3 Å². The minimum Gasteiger partial charge on any atom is -0.317 e. The Morgan fingerprint density at radius 3 is 2.57 bits per heavy atom. The zero-order valence-corrected chi connectivity index (χ0v) is 16.0. The topological polar surface area (TPSA) is 50.2 Å². The van der Waals surface area contributed by atoms with Gasteiger partial charge >= 0.3 is 6.03 Å². The fourth-order valence-electron chi connectivity index (χ4n) is 3.87.